The molecule has 1 aromatic rings. The van der Waals surface area contributed by atoms with Crippen molar-refractivity contribution in [2.75, 3.05) is 0 Å². The highest BCUT2D eigenvalue weighted by Gasteiger charge is 2.12. The molecule has 0 amide bonds. The SMILES string of the molecule is CCCCCC(O)Cc1c(F)cccc1Cl. The van der Waals surface area contributed by atoms with Gasteiger partial charge in [-0.25, -0.2) is 4.39 Å². The number of hydrogen-bond donors (Lipinski definition) is 1. The zero-order chi connectivity index (χ0) is 12.0. The predicted octanol–water partition coefficient (Wildman–Crippen LogP) is 3.96. The van der Waals surface area contributed by atoms with E-state index in [0.717, 1.165) is 19.3 Å². The third-order valence-electron chi connectivity index (χ3n) is 2.64. The summed E-state index contributed by atoms with van der Waals surface area (Å²) in [6, 6.07) is 4.60. The van der Waals surface area contributed by atoms with Gasteiger partial charge in [0, 0.05) is 17.0 Å². The smallest absolute Gasteiger partial charge is 0.127 e. The Hall–Kier alpha value is -0.600. The number of aliphatic hydroxyl groups excluding tert-OH is 1. The lowest BCUT2D eigenvalue weighted by atomic mass is 10.0. The number of halogens is 2. The molecule has 1 unspecified atom stereocenters. The summed E-state index contributed by atoms with van der Waals surface area (Å²) in [5, 5.41) is 10.2. The molecule has 0 saturated carbocycles. The first-order valence-corrected chi connectivity index (χ1v) is 6.14. The van der Waals surface area contributed by atoms with Crippen molar-refractivity contribution in [3.8, 4) is 0 Å². The average Bonchev–Trinajstić information content (AvgIpc) is 2.24. The molecule has 1 atom stereocenters. The number of unbranched alkanes of at least 4 members (excludes halogenated alkanes) is 2. The van der Waals surface area contributed by atoms with Crippen LogP contribution in [0, 0.1) is 5.82 Å². The van der Waals surface area contributed by atoms with E-state index in [0.29, 0.717) is 23.4 Å². The molecule has 0 bridgehead atoms. The maximum absolute atomic E-state index is 13.4. The molecule has 0 spiro atoms. The Bertz CT molecular complexity index is 307. The van der Waals surface area contributed by atoms with Gasteiger partial charge in [-0.05, 0) is 18.6 Å². The molecule has 16 heavy (non-hydrogen) atoms. The van der Waals surface area contributed by atoms with E-state index in [-0.39, 0.29) is 5.82 Å². The van der Waals surface area contributed by atoms with Gasteiger partial charge in [0.15, 0.2) is 0 Å². The molecule has 0 aliphatic carbocycles. The molecule has 0 radical (unpaired) electrons. The van der Waals surface area contributed by atoms with Crippen molar-refractivity contribution in [2.24, 2.45) is 0 Å². The van der Waals surface area contributed by atoms with Crippen LogP contribution in [0.4, 0.5) is 4.39 Å². The fraction of sp³-hybridized carbons (Fsp3) is 0.538. The summed E-state index contributed by atoms with van der Waals surface area (Å²) < 4.78 is 13.4. The molecule has 1 N–H and O–H groups in total. The molecule has 0 aromatic heterocycles. The van der Waals surface area contributed by atoms with Gasteiger partial charge in [0.05, 0.1) is 6.10 Å². The lowest BCUT2D eigenvalue weighted by Crippen LogP contribution is -2.11. The minimum Gasteiger partial charge on any atom is -0.393 e. The lowest BCUT2D eigenvalue weighted by Gasteiger charge is -2.12. The van der Waals surface area contributed by atoms with Crippen molar-refractivity contribution in [3.63, 3.8) is 0 Å². The molecule has 0 aliphatic heterocycles. The van der Waals surface area contributed by atoms with Crippen LogP contribution in [0.1, 0.15) is 38.2 Å². The van der Waals surface area contributed by atoms with Gasteiger partial charge in [-0.15, -0.1) is 0 Å². The largest absolute Gasteiger partial charge is 0.393 e. The summed E-state index contributed by atoms with van der Waals surface area (Å²) in [7, 11) is 0. The third-order valence-corrected chi connectivity index (χ3v) is 3.00. The maximum Gasteiger partial charge on any atom is 0.127 e. The summed E-state index contributed by atoms with van der Waals surface area (Å²) in [6.45, 7) is 2.11. The highest BCUT2D eigenvalue weighted by molar-refractivity contribution is 6.31. The summed E-state index contributed by atoms with van der Waals surface area (Å²) in [4.78, 5) is 0. The molecule has 0 heterocycles. The molecule has 1 aromatic carbocycles. The van der Waals surface area contributed by atoms with Gasteiger partial charge in [-0.2, -0.15) is 0 Å². The second kappa shape index (κ2) is 6.87. The van der Waals surface area contributed by atoms with Crippen molar-refractivity contribution in [2.45, 2.75) is 45.1 Å². The van der Waals surface area contributed by atoms with E-state index < -0.39 is 6.10 Å². The highest BCUT2D eigenvalue weighted by atomic mass is 35.5. The Balaban J connectivity index is 2.52. The molecular weight excluding hydrogens is 227 g/mol. The van der Waals surface area contributed by atoms with Gasteiger partial charge in [-0.3, -0.25) is 0 Å². The first-order valence-electron chi connectivity index (χ1n) is 5.76. The van der Waals surface area contributed by atoms with Crippen LogP contribution in [0.2, 0.25) is 5.02 Å². The van der Waals surface area contributed by atoms with Gasteiger partial charge < -0.3 is 5.11 Å². The van der Waals surface area contributed by atoms with E-state index >= 15 is 0 Å². The Morgan fingerprint density at radius 2 is 2.12 bits per heavy atom. The number of aliphatic hydroxyl groups is 1. The van der Waals surface area contributed by atoms with Crippen LogP contribution in [-0.4, -0.2) is 11.2 Å². The van der Waals surface area contributed by atoms with Crippen LogP contribution in [0.25, 0.3) is 0 Å². The molecule has 0 aliphatic rings. The Morgan fingerprint density at radius 1 is 1.38 bits per heavy atom. The molecule has 1 rings (SSSR count). The maximum atomic E-state index is 13.4. The van der Waals surface area contributed by atoms with Crippen LogP contribution in [0.15, 0.2) is 18.2 Å². The van der Waals surface area contributed by atoms with Crippen LogP contribution < -0.4 is 0 Å². The summed E-state index contributed by atoms with van der Waals surface area (Å²) in [6.07, 6.45) is 3.70. The van der Waals surface area contributed by atoms with E-state index in [2.05, 4.69) is 6.92 Å². The number of hydrogen-bond acceptors (Lipinski definition) is 1. The summed E-state index contributed by atoms with van der Waals surface area (Å²) in [5.74, 6) is -0.331. The van der Waals surface area contributed by atoms with Gasteiger partial charge in [0.2, 0.25) is 0 Å². The van der Waals surface area contributed by atoms with E-state index in [1.807, 2.05) is 0 Å². The Kier molecular flexibility index (Phi) is 5.78. The minimum atomic E-state index is -0.499. The molecule has 90 valence electrons. The van der Waals surface area contributed by atoms with Crippen LogP contribution in [0.5, 0.6) is 0 Å². The Morgan fingerprint density at radius 3 is 2.75 bits per heavy atom. The van der Waals surface area contributed by atoms with Crippen molar-refractivity contribution in [1.82, 2.24) is 0 Å². The summed E-state index contributed by atoms with van der Waals surface area (Å²) in [5.41, 5.74) is 0.424. The van der Waals surface area contributed by atoms with Crippen molar-refractivity contribution < 1.29 is 9.50 Å². The van der Waals surface area contributed by atoms with Crippen molar-refractivity contribution >= 4 is 11.6 Å². The third kappa shape index (κ3) is 4.11. The topological polar surface area (TPSA) is 20.2 Å². The first-order chi connectivity index (χ1) is 7.65. The monoisotopic (exact) mass is 244 g/mol. The van der Waals surface area contributed by atoms with Crippen molar-refractivity contribution in [1.29, 1.82) is 0 Å². The van der Waals surface area contributed by atoms with Crippen LogP contribution >= 0.6 is 11.6 Å². The lowest BCUT2D eigenvalue weighted by molar-refractivity contribution is 0.160. The average molecular weight is 245 g/mol. The highest BCUT2D eigenvalue weighted by Crippen LogP contribution is 2.21. The molecule has 0 saturated heterocycles. The number of rotatable bonds is 6. The zero-order valence-electron chi connectivity index (χ0n) is 9.55. The van der Waals surface area contributed by atoms with E-state index in [1.165, 1.54) is 6.07 Å². The predicted molar refractivity (Wildman–Crippen MR) is 65.3 cm³/mol. The van der Waals surface area contributed by atoms with Crippen molar-refractivity contribution in [3.05, 3.63) is 34.6 Å². The van der Waals surface area contributed by atoms with E-state index in [1.54, 1.807) is 12.1 Å². The van der Waals surface area contributed by atoms with Gasteiger partial charge in [0.25, 0.3) is 0 Å². The van der Waals surface area contributed by atoms with Crippen LogP contribution in [0.3, 0.4) is 0 Å². The van der Waals surface area contributed by atoms with E-state index in [9.17, 15) is 9.50 Å². The second-order valence-electron chi connectivity index (χ2n) is 4.05. The molecular formula is C13H18ClFO. The van der Waals surface area contributed by atoms with Gasteiger partial charge >= 0.3 is 0 Å². The van der Waals surface area contributed by atoms with E-state index in [4.69, 9.17) is 11.6 Å². The quantitative estimate of drug-likeness (QED) is 0.751. The van der Waals surface area contributed by atoms with Crippen LogP contribution in [-0.2, 0) is 6.42 Å². The normalized spacial score (nSPS) is 12.8. The second-order valence-corrected chi connectivity index (χ2v) is 4.46. The van der Waals surface area contributed by atoms with Gasteiger partial charge in [-0.1, -0.05) is 43.9 Å². The Labute approximate surface area is 101 Å². The van der Waals surface area contributed by atoms with Gasteiger partial charge in [0.1, 0.15) is 5.82 Å². The molecule has 3 heteroatoms. The fourth-order valence-corrected chi connectivity index (χ4v) is 1.94. The number of benzene rings is 1. The first kappa shape index (κ1) is 13.5. The fourth-order valence-electron chi connectivity index (χ4n) is 1.69. The summed E-state index contributed by atoms with van der Waals surface area (Å²) >= 11 is 5.88. The molecule has 0 fully saturated rings. The molecule has 1 nitrogen and oxygen atoms in total. The zero-order valence-corrected chi connectivity index (χ0v) is 10.3. The minimum absolute atomic E-state index is 0.301. The standard InChI is InChI=1S/C13H18ClFO/c1-2-3-4-6-10(16)9-11-12(14)7-5-8-13(11)15/h5,7-8,10,16H,2-4,6,9H2,1H3.